The highest BCUT2D eigenvalue weighted by atomic mass is 32.1. The Morgan fingerprint density at radius 3 is 1.79 bits per heavy atom. The van der Waals surface area contributed by atoms with E-state index in [1.807, 2.05) is 76.8 Å². The van der Waals surface area contributed by atoms with Crippen molar-refractivity contribution in [1.29, 1.82) is 0 Å². The Balaban J connectivity index is -0.000000168. The largest absolute Gasteiger partial charge is 0.400 e. The van der Waals surface area contributed by atoms with E-state index >= 15 is 0 Å². The predicted octanol–water partition coefficient (Wildman–Crippen LogP) is 7.29. The minimum atomic E-state index is -0.291. The van der Waals surface area contributed by atoms with Gasteiger partial charge in [0.2, 0.25) is 11.8 Å². The number of amides is 2. The zero-order valence-electron chi connectivity index (χ0n) is 26.7. The molecule has 0 spiro atoms. The third kappa shape index (κ3) is 29.0. The van der Waals surface area contributed by atoms with Gasteiger partial charge in [-0.1, -0.05) is 105 Å². The molecular formula is C31H64N2O4S. The number of primary amides is 1. The molecule has 0 bridgehead atoms. The number of hydrogen-bond donors (Lipinski definition) is 4. The third-order valence-electron chi connectivity index (χ3n) is 5.52. The summed E-state index contributed by atoms with van der Waals surface area (Å²) in [5.41, 5.74) is 6.26. The summed E-state index contributed by atoms with van der Waals surface area (Å²) in [5, 5.41) is 16.3. The number of carbonyl (C=O) groups excluding carboxylic acids is 2. The van der Waals surface area contributed by atoms with Crippen LogP contribution in [0, 0.1) is 11.8 Å². The van der Waals surface area contributed by atoms with Gasteiger partial charge in [0.15, 0.2) is 0 Å². The number of hydrogen-bond acceptors (Lipinski definition) is 5. The van der Waals surface area contributed by atoms with Crippen LogP contribution < -0.4 is 5.73 Å². The van der Waals surface area contributed by atoms with Crippen LogP contribution in [0.15, 0.2) is 30.3 Å². The maximum absolute atomic E-state index is 12.2. The summed E-state index contributed by atoms with van der Waals surface area (Å²) in [6, 6.07) is 9.70. The first kappa shape index (κ1) is 46.3. The molecule has 1 rings (SSSR count). The Bertz CT molecular complexity index is 589. The highest BCUT2D eigenvalue weighted by Crippen LogP contribution is 2.14. The molecule has 4 N–H and O–H groups in total. The smallest absolute Gasteiger partial charge is 0.222 e. The predicted molar refractivity (Wildman–Crippen MR) is 171 cm³/mol. The number of aliphatic hydroxyl groups excluding tert-OH is 2. The molecule has 0 fully saturated rings. The quantitative estimate of drug-likeness (QED) is 0.190. The van der Waals surface area contributed by atoms with Gasteiger partial charge in [-0.3, -0.25) is 9.59 Å². The summed E-state index contributed by atoms with van der Waals surface area (Å²) >= 11 is 3.53. The molecule has 0 saturated heterocycles. The fourth-order valence-electron chi connectivity index (χ4n) is 3.00. The zero-order chi connectivity index (χ0) is 30.9. The van der Waals surface area contributed by atoms with Crippen LogP contribution in [-0.4, -0.2) is 53.4 Å². The Morgan fingerprint density at radius 2 is 1.39 bits per heavy atom. The average molecular weight is 561 g/mol. The first-order valence-corrected chi connectivity index (χ1v) is 15.4. The van der Waals surface area contributed by atoms with Gasteiger partial charge >= 0.3 is 0 Å². The normalized spacial score (nSPS) is 11.3. The number of carbonyl (C=O) groups is 2. The molecule has 0 aromatic heterocycles. The monoisotopic (exact) mass is 560 g/mol. The molecule has 6 nitrogen and oxygen atoms in total. The van der Waals surface area contributed by atoms with Crippen molar-refractivity contribution in [3.8, 4) is 0 Å². The lowest BCUT2D eigenvalue weighted by atomic mass is 10.0. The third-order valence-corrected chi connectivity index (χ3v) is 5.52. The lowest BCUT2D eigenvalue weighted by molar-refractivity contribution is -0.132. The van der Waals surface area contributed by atoms with Crippen molar-refractivity contribution < 1.29 is 19.8 Å². The Labute approximate surface area is 242 Å². The number of nitrogens with two attached hydrogens (primary N) is 1. The number of thiol groups is 1. The molecule has 0 aliphatic carbocycles. The van der Waals surface area contributed by atoms with Gasteiger partial charge in [0.05, 0.1) is 6.10 Å². The SMILES string of the molecule is CC.CC.CCC(O)c1ccccc1.CCCN(CCC(C)C(N)=O)C(=O)CCCC(C)CC.CO.CS. The van der Waals surface area contributed by atoms with Gasteiger partial charge < -0.3 is 20.8 Å². The van der Waals surface area contributed by atoms with Crippen molar-refractivity contribution in [2.75, 3.05) is 26.5 Å². The molecule has 0 saturated carbocycles. The highest BCUT2D eigenvalue weighted by Gasteiger charge is 2.16. The summed E-state index contributed by atoms with van der Waals surface area (Å²) in [5.74, 6) is 0.456. The average Bonchev–Trinajstić information content (AvgIpc) is 2.99. The van der Waals surface area contributed by atoms with Crippen molar-refractivity contribution in [3.05, 3.63) is 35.9 Å². The summed E-state index contributed by atoms with van der Waals surface area (Å²) in [7, 11) is 1.00. The number of rotatable bonds is 13. The van der Waals surface area contributed by atoms with Crippen molar-refractivity contribution >= 4 is 24.4 Å². The van der Waals surface area contributed by atoms with Gasteiger partial charge in [0, 0.05) is 32.5 Å². The topological polar surface area (TPSA) is 104 Å². The summed E-state index contributed by atoms with van der Waals surface area (Å²) in [4.78, 5) is 25.1. The van der Waals surface area contributed by atoms with E-state index in [1.165, 1.54) is 6.42 Å². The number of aliphatic hydroxyl groups is 2. The van der Waals surface area contributed by atoms with Crippen LogP contribution in [0.4, 0.5) is 0 Å². The molecule has 1 aromatic carbocycles. The molecule has 0 radical (unpaired) electrons. The minimum absolute atomic E-state index is 0.165. The van der Waals surface area contributed by atoms with E-state index in [0.717, 1.165) is 44.9 Å². The number of benzene rings is 1. The highest BCUT2D eigenvalue weighted by molar-refractivity contribution is 7.79. The van der Waals surface area contributed by atoms with E-state index in [4.69, 9.17) is 10.8 Å². The maximum atomic E-state index is 12.2. The summed E-state index contributed by atoms with van der Waals surface area (Å²) in [6.07, 6.45) is 7.65. The van der Waals surface area contributed by atoms with E-state index in [9.17, 15) is 14.7 Å². The fraction of sp³-hybridized carbons (Fsp3) is 0.742. The molecule has 228 valence electrons. The van der Waals surface area contributed by atoms with Crippen LogP contribution >= 0.6 is 12.6 Å². The summed E-state index contributed by atoms with van der Waals surface area (Å²) < 4.78 is 0. The lowest BCUT2D eigenvalue weighted by Crippen LogP contribution is -2.34. The Kier molecular flexibility index (Phi) is 45.8. The molecule has 3 atom stereocenters. The van der Waals surface area contributed by atoms with E-state index in [2.05, 4.69) is 33.4 Å². The maximum Gasteiger partial charge on any atom is 0.222 e. The number of nitrogens with zero attached hydrogens (tertiary/aromatic N) is 1. The van der Waals surface area contributed by atoms with Gasteiger partial charge in [0.25, 0.3) is 0 Å². The van der Waals surface area contributed by atoms with Gasteiger partial charge in [-0.25, -0.2) is 0 Å². The van der Waals surface area contributed by atoms with Crippen molar-refractivity contribution in [3.63, 3.8) is 0 Å². The van der Waals surface area contributed by atoms with Crippen LogP contribution in [0.5, 0.6) is 0 Å². The zero-order valence-corrected chi connectivity index (χ0v) is 27.6. The Morgan fingerprint density at radius 1 is 0.895 bits per heavy atom. The van der Waals surface area contributed by atoms with Crippen LogP contribution in [0.1, 0.15) is 119 Å². The van der Waals surface area contributed by atoms with E-state index < -0.39 is 0 Å². The van der Waals surface area contributed by atoms with Crippen LogP contribution in [-0.2, 0) is 9.59 Å². The molecule has 7 heteroatoms. The molecule has 0 heterocycles. The van der Waals surface area contributed by atoms with Gasteiger partial charge in [-0.2, -0.15) is 12.6 Å². The first-order valence-electron chi connectivity index (χ1n) is 14.5. The van der Waals surface area contributed by atoms with E-state index in [0.29, 0.717) is 25.3 Å². The van der Waals surface area contributed by atoms with Crippen molar-refractivity contribution in [2.24, 2.45) is 17.6 Å². The second-order valence-corrected chi connectivity index (χ2v) is 8.21. The second-order valence-electron chi connectivity index (χ2n) is 8.21. The van der Waals surface area contributed by atoms with Crippen LogP contribution in [0.3, 0.4) is 0 Å². The Hall–Kier alpha value is -1.57. The molecule has 0 aliphatic rings. The van der Waals surface area contributed by atoms with E-state index in [-0.39, 0.29) is 23.8 Å². The second kappa shape index (κ2) is 37.6. The lowest BCUT2D eigenvalue weighted by Gasteiger charge is -2.23. The summed E-state index contributed by atoms with van der Waals surface area (Å²) in [6.45, 7) is 19.7. The van der Waals surface area contributed by atoms with Crippen molar-refractivity contribution in [1.82, 2.24) is 4.90 Å². The van der Waals surface area contributed by atoms with Crippen molar-refractivity contribution in [2.45, 2.75) is 113 Å². The van der Waals surface area contributed by atoms with Crippen LogP contribution in [0.2, 0.25) is 0 Å². The molecule has 0 aliphatic heterocycles. The van der Waals surface area contributed by atoms with Crippen LogP contribution in [0.25, 0.3) is 0 Å². The minimum Gasteiger partial charge on any atom is -0.400 e. The first-order chi connectivity index (χ1) is 18.3. The van der Waals surface area contributed by atoms with Gasteiger partial charge in [-0.15, -0.1) is 0 Å². The molecule has 1 aromatic rings. The molecular weight excluding hydrogens is 496 g/mol. The van der Waals surface area contributed by atoms with E-state index in [1.54, 1.807) is 6.26 Å². The molecule has 2 amide bonds. The standard InChI is InChI=1S/C16H32N2O2.C9H12O.2C2H6.CH4O.CH4S/c1-5-11-18(12-10-14(4)16(17)20)15(19)9-7-8-13(3)6-2;1-2-9(10)8-6-4-3-5-7-8;4*1-2/h13-14H,5-12H2,1-4H3,(H2,17,20);3-7,9-10H,2H2,1H3;2*1-2H3;2*2H,1H3. The van der Waals surface area contributed by atoms with Gasteiger partial charge in [-0.05, 0) is 43.4 Å². The molecule has 38 heavy (non-hydrogen) atoms. The fourth-order valence-corrected chi connectivity index (χ4v) is 3.00. The van der Waals surface area contributed by atoms with Gasteiger partial charge in [0.1, 0.15) is 0 Å². The molecule has 3 unspecified atom stereocenters.